The molecule has 0 radical (unpaired) electrons. The summed E-state index contributed by atoms with van der Waals surface area (Å²) in [5.74, 6) is -0.720. The second-order valence-electron chi connectivity index (χ2n) is 5.38. The summed E-state index contributed by atoms with van der Waals surface area (Å²) in [6, 6.07) is 10.4. The molecule has 4 heteroatoms. The lowest BCUT2D eigenvalue weighted by Crippen LogP contribution is -2.34. The fourth-order valence-electron chi connectivity index (χ4n) is 2.08. The Bertz CT molecular complexity index is 379. The first-order chi connectivity index (χ1) is 9.58. The second kappa shape index (κ2) is 9.50. The fraction of sp³-hybridized carbons (Fsp3) is 0.562. The van der Waals surface area contributed by atoms with Gasteiger partial charge in [-0.2, -0.15) is 0 Å². The van der Waals surface area contributed by atoms with Gasteiger partial charge in [0.2, 0.25) is 0 Å². The lowest BCUT2D eigenvalue weighted by atomic mass is 10.1. The predicted octanol–water partition coefficient (Wildman–Crippen LogP) is 1.96. The molecule has 0 aromatic heterocycles. The molecule has 4 nitrogen and oxygen atoms in total. The van der Waals surface area contributed by atoms with Gasteiger partial charge in [0.1, 0.15) is 0 Å². The minimum Gasteiger partial charge on any atom is -0.481 e. The van der Waals surface area contributed by atoms with E-state index in [9.17, 15) is 4.79 Å². The zero-order valence-corrected chi connectivity index (χ0v) is 12.6. The summed E-state index contributed by atoms with van der Waals surface area (Å²) >= 11 is 0. The third-order valence-electron chi connectivity index (χ3n) is 3.29. The number of carboxylic acid groups (broad SMARTS) is 1. The van der Waals surface area contributed by atoms with Crippen LogP contribution in [0.2, 0.25) is 0 Å². The number of rotatable bonds is 10. The summed E-state index contributed by atoms with van der Waals surface area (Å²) in [6.45, 7) is 3.48. The zero-order chi connectivity index (χ0) is 14.8. The van der Waals surface area contributed by atoms with Crippen molar-refractivity contribution < 1.29 is 9.90 Å². The van der Waals surface area contributed by atoms with E-state index in [4.69, 9.17) is 5.11 Å². The molecule has 0 amide bonds. The highest BCUT2D eigenvalue weighted by molar-refractivity contribution is 5.66. The Kier molecular flexibility index (Phi) is 7.92. The van der Waals surface area contributed by atoms with Gasteiger partial charge in [-0.15, -0.1) is 0 Å². The van der Waals surface area contributed by atoms with Crippen LogP contribution in [0.5, 0.6) is 0 Å². The molecule has 0 unspecified atom stereocenters. The third-order valence-corrected chi connectivity index (χ3v) is 3.29. The maximum Gasteiger partial charge on any atom is 0.304 e. The van der Waals surface area contributed by atoms with Gasteiger partial charge < -0.3 is 14.9 Å². The van der Waals surface area contributed by atoms with Crippen molar-refractivity contribution in [3.8, 4) is 0 Å². The molecule has 1 rings (SSSR count). The first kappa shape index (κ1) is 16.7. The number of hydrogen-bond acceptors (Lipinski definition) is 3. The maximum absolute atomic E-state index is 10.7. The zero-order valence-electron chi connectivity index (χ0n) is 12.6. The van der Waals surface area contributed by atoms with E-state index in [2.05, 4.69) is 34.1 Å². The van der Waals surface area contributed by atoms with E-state index < -0.39 is 5.97 Å². The molecule has 0 bridgehead atoms. The van der Waals surface area contributed by atoms with Crippen LogP contribution < -0.4 is 0 Å². The number of nitrogens with zero attached hydrogens (tertiary/aromatic N) is 2. The van der Waals surface area contributed by atoms with Crippen LogP contribution in [0.3, 0.4) is 0 Å². The van der Waals surface area contributed by atoms with Gasteiger partial charge >= 0.3 is 5.97 Å². The van der Waals surface area contributed by atoms with E-state index in [1.807, 2.05) is 20.2 Å². The van der Waals surface area contributed by atoms with Crippen molar-refractivity contribution in [2.24, 2.45) is 0 Å². The van der Waals surface area contributed by atoms with Crippen molar-refractivity contribution in [1.82, 2.24) is 9.80 Å². The van der Waals surface area contributed by atoms with Crippen molar-refractivity contribution in [2.45, 2.75) is 19.3 Å². The molecule has 0 aliphatic heterocycles. The number of carboxylic acids is 1. The Morgan fingerprint density at radius 2 is 1.75 bits per heavy atom. The van der Waals surface area contributed by atoms with Crippen LogP contribution in [0.1, 0.15) is 18.4 Å². The van der Waals surface area contributed by atoms with Crippen molar-refractivity contribution >= 4 is 5.97 Å². The van der Waals surface area contributed by atoms with Crippen molar-refractivity contribution in [1.29, 1.82) is 0 Å². The van der Waals surface area contributed by atoms with E-state index in [1.165, 1.54) is 5.56 Å². The molecule has 0 aliphatic rings. The average Bonchev–Trinajstić information content (AvgIpc) is 2.42. The number of benzene rings is 1. The van der Waals surface area contributed by atoms with E-state index in [-0.39, 0.29) is 6.42 Å². The van der Waals surface area contributed by atoms with Crippen molar-refractivity contribution in [3.05, 3.63) is 35.9 Å². The molecule has 0 atom stereocenters. The third kappa shape index (κ3) is 7.92. The van der Waals surface area contributed by atoms with Gasteiger partial charge in [-0.3, -0.25) is 4.79 Å². The molecule has 0 aliphatic carbocycles. The molecule has 1 N–H and O–H groups in total. The van der Waals surface area contributed by atoms with Crippen LogP contribution in [0.4, 0.5) is 0 Å². The number of hydrogen-bond donors (Lipinski definition) is 1. The highest BCUT2D eigenvalue weighted by Gasteiger charge is 2.08. The van der Waals surface area contributed by atoms with Crippen molar-refractivity contribution in [3.63, 3.8) is 0 Å². The minimum atomic E-state index is -0.720. The van der Waals surface area contributed by atoms with Crippen LogP contribution in [-0.2, 0) is 11.2 Å². The van der Waals surface area contributed by atoms with Gasteiger partial charge in [0, 0.05) is 19.6 Å². The Hall–Kier alpha value is -1.39. The number of aryl methyl sites for hydroxylation is 1. The summed E-state index contributed by atoms with van der Waals surface area (Å²) in [5.41, 5.74) is 1.35. The van der Waals surface area contributed by atoms with Crippen molar-refractivity contribution in [2.75, 3.05) is 40.3 Å². The summed E-state index contributed by atoms with van der Waals surface area (Å²) in [6.07, 6.45) is 2.34. The van der Waals surface area contributed by atoms with E-state index in [0.717, 1.165) is 32.5 Å². The SMILES string of the molecule is CN(C)CCN(CCCc1ccccc1)CCC(=O)O. The largest absolute Gasteiger partial charge is 0.481 e. The van der Waals surface area contributed by atoms with Crippen LogP contribution >= 0.6 is 0 Å². The fourth-order valence-corrected chi connectivity index (χ4v) is 2.08. The highest BCUT2D eigenvalue weighted by Crippen LogP contribution is 2.04. The minimum absolute atomic E-state index is 0.221. The van der Waals surface area contributed by atoms with Gasteiger partial charge in [0.25, 0.3) is 0 Å². The molecular formula is C16H26N2O2. The maximum atomic E-state index is 10.7. The lowest BCUT2D eigenvalue weighted by Gasteiger charge is -2.23. The van der Waals surface area contributed by atoms with E-state index in [0.29, 0.717) is 6.54 Å². The van der Waals surface area contributed by atoms with Gasteiger partial charge in [-0.05, 0) is 39.0 Å². The molecule has 112 valence electrons. The summed E-state index contributed by atoms with van der Waals surface area (Å²) in [5, 5.41) is 8.81. The van der Waals surface area contributed by atoms with Crippen LogP contribution in [0, 0.1) is 0 Å². The van der Waals surface area contributed by atoms with Crippen LogP contribution in [0.25, 0.3) is 0 Å². The Labute approximate surface area is 122 Å². The normalized spacial score (nSPS) is 11.2. The second-order valence-corrected chi connectivity index (χ2v) is 5.38. The number of carbonyl (C=O) groups is 1. The quantitative estimate of drug-likeness (QED) is 0.710. The molecule has 1 aromatic rings. The molecule has 1 aromatic carbocycles. The van der Waals surface area contributed by atoms with Crippen LogP contribution in [0.15, 0.2) is 30.3 Å². The van der Waals surface area contributed by atoms with E-state index >= 15 is 0 Å². The summed E-state index contributed by atoms with van der Waals surface area (Å²) in [7, 11) is 4.08. The van der Waals surface area contributed by atoms with Crippen LogP contribution in [-0.4, -0.2) is 61.2 Å². The first-order valence-corrected chi connectivity index (χ1v) is 7.20. The average molecular weight is 278 g/mol. The summed E-state index contributed by atoms with van der Waals surface area (Å²) < 4.78 is 0. The molecule has 0 fully saturated rings. The van der Waals surface area contributed by atoms with Gasteiger partial charge in [0.05, 0.1) is 6.42 Å². The molecule has 20 heavy (non-hydrogen) atoms. The number of likely N-dealkylation sites (N-methyl/N-ethyl adjacent to an activating group) is 1. The van der Waals surface area contributed by atoms with Gasteiger partial charge in [0.15, 0.2) is 0 Å². The molecule has 0 saturated heterocycles. The smallest absolute Gasteiger partial charge is 0.304 e. The molecule has 0 spiro atoms. The molecular weight excluding hydrogens is 252 g/mol. The monoisotopic (exact) mass is 278 g/mol. The van der Waals surface area contributed by atoms with Gasteiger partial charge in [-0.1, -0.05) is 30.3 Å². The Morgan fingerprint density at radius 1 is 1.05 bits per heavy atom. The highest BCUT2D eigenvalue weighted by atomic mass is 16.4. The molecule has 0 heterocycles. The Morgan fingerprint density at radius 3 is 2.35 bits per heavy atom. The lowest BCUT2D eigenvalue weighted by molar-refractivity contribution is -0.137. The first-order valence-electron chi connectivity index (χ1n) is 7.20. The topological polar surface area (TPSA) is 43.8 Å². The number of aliphatic carboxylic acids is 1. The molecule has 0 saturated carbocycles. The van der Waals surface area contributed by atoms with E-state index in [1.54, 1.807) is 0 Å². The standard InChI is InChI=1S/C16H26N2O2/c1-17(2)13-14-18(12-10-16(19)20)11-6-9-15-7-4-3-5-8-15/h3-5,7-8H,6,9-14H2,1-2H3,(H,19,20). The van der Waals surface area contributed by atoms with Gasteiger partial charge in [-0.25, -0.2) is 0 Å². The summed E-state index contributed by atoms with van der Waals surface area (Å²) in [4.78, 5) is 15.1. The Balaban J connectivity index is 2.32. The predicted molar refractivity (Wildman–Crippen MR) is 82.0 cm³/mol.